The number of carbonyl (C=O) groups excluding carboxylic acids is 1. The van der Waals surface area contributed by atoms with Gasteiger partial charge < -0.3 is 9.32 Å². The zero-order valence-electron chi connectivity index (χ0n) is 21.0. The topological polar surface area (TPSA) is 49.1 Å². The smallest absolute Gasteiger partial charge is 0.256 e. The van der Waals surface area contributed by atoms with Crippen LogP contribution in [0.25, 0.3) is 22.1 Å². The minimum Gasteiger partial charge on any atom is -0.461 e. The lowest BCUT2D eigenvalue weighted by atomic mass is 10.00. The van der Waals surface area contributed by atoms with E-state index < -0.39 is 5.54 Å². The van der Waals surface area contributed by atoms with Crippen molar-refractivity contribution in [2.75, 3.05) is 26.2 Å². The summed E-state index contributed by atoms with van der Waals surface area (Å²) in [6.07, 6.45) is 5.44. The summed E-state index contributed by atoms with van der Waals surface area (Å²) in [7, 11) is 0. The maximum absolute atomic E-state index is 15.5. The van der Waals surface area contributed by atoms with Crippen LogP contribution in [0.2, 0.25) is 0 Å². The quantitative estimate of drug-likeness (QED) is 0.449. The monoisotopic (exact) mass is 485 g/mol. The Morgan fingerprint density at radius 1 is 1.03 bits per heavy atom. The van der Waals surface area contributed by atoms with Gasteiger partial charge in [-0.3, -0.25) is 14.7 Å². The molecule has 6 heteroatoms. The maximum Gasteiger partial charge on any atom is 0.256 e. The zero-order valence-corrected chi connectivity index (χ0v) is 21.0. The molecule has 1 atom stereocenters. The van der Waals surface area contributed by atoms with Crippen LogP contribution in [0.3, 0.4) is 0 Å². The minimum absolute atomic E-state index is 0.110. The summed E-state index contributed by atoms with van der Waals surface area (Å²) in [5.74, 6) is 2.68. The number of furan rings is 1. The number of amides is 1. The molecule has 36 heavy (non-hydrogen) atoms. The van der Waals surface area contributed by atoms with Crippen molar-refractivity contribution in [2.45, 2.75) is 51.5 Å². The lowest BCUT2D eigenvalue weighted by molar-refractivity contribution is -0.128. The van der Waals surface area contributed by atoms with Crippen LogP contribution in [0.5, 0.6) is 0 Å². The fourth-order valence-corrected chi connectivity index (χ4v) is 6.04. The van der Waals surface area contributed by atoms with Gasteiger partial charge in [0.25, 0.3) is 5.91 Å². The molecule has 1 aromatic heterocycles. The van der Waals surface area contributed by atoms with Crippen molar-refractivity contribution in [3.63, 3.8) is 0 Å². The Morgan fingerprint density at radius 3 is 2.58 bits per heavy atom. The Balaban J connectivity index is 1.16. The normalized spacial score (nSPS) is 23.3. The molecule has 0 radical (unpaired) electrons. The fourth-order valence-electron chi connectivity index (χ4n) is 6.04. The minimum atomic E-state index is -0.585. The average Bonchev–Trinajstić information content (AvgIpc) is 3.76. The molecular formula is C30H32FN3O2. The fraction of sp³-hybridized carbons (Fsp3) is 0.467. The highest BCUT2D eigenvalue weighted by atomic mass is 19.1. The molecule has 186 valence electrons. The van der Waals surface area contributed by atoms with E-state index in [1.54, 1.807) is 6.07 Å². The van der Waals surface area contributed by atoms with Gasteiger partial charge in [-0.1, -0.05) is 18.2 Å². The number of benzene rings is 2. The molecule has 2 aromatic carbocycles. The second-order valence-corrected chi connectivity index (χ2v) is 11.4. The predicted molar refractivity (Wildman–Crippen MR) is 139 cm³/mol. The van der Waals surface area contributed by atoms with Gasteiger partial charge in [0.15, 0.2) is 0 Å². The molecule has 3 fully saturated rings. The summed E-state index contributed by atoms with van der Waals surface area (Å²) >= 11 is 0. The number of rotatable bonds is 6. The van der Waals surface area contributed by atoms with Gasteiger partial charge in [-0.05, 0) is 93.7 Å². The van der Waals surface area contributed by atoms with Gasteiger partial charge in [-0.25, -0.2) is 4.39 Å². The first-order valence-corrected chi connectivity index (χ1v) is 13.3. The molecule has 0 bridgehead atoms. The molecule has 1 spiro atoms. The standard InChI is InChI=1S/C30H32FN3O2/c1-18-19(2)36-27-8-6-22(13-25(18)27)24-7-5-23(14-26(24)31)28-32-30(10-11-30)29(35)34(28)17-21-9-12-33(16-21)15-20-3-4-20/h5-8,13-14,20-21H,3-4,9-12,15-17H2,1-2H3/t21-/m1/s1. The Hall–Kier alpha value is -2.99. The molecule has 4 aliphatic rings. The Labute approximate surface area is 211 Å². The number of hydrogen-bond acceptors (Lipinski definition) is 4. The molecule has 7 rings (SSSR count). The number of aryl methyl sites for hydroxylation is 2. The second-order valence-electron chi connectivity index (χ2n) is 11.4. The van der Waals surface area contributed by atoms with E-state index in [0.717, 1.165) is 66.1 Å². The van der Waals surface area contributed by atoms with Gasteiger partial charge in [0, 0.05) is 36.1 Å². The highest BCUT2D eigenvalue weighted by Crippen LogP contribution is 2.46. The highest BCUT2D eigenvalue weighted by Gasteiger charge is 2.57. The molecular weight excluding hydrogens is 453 g/mol. The van der Waals surface area contributed by atoms with Crippen LogP contribution in [-0.4, -0.2) is 53.3 Å². The van der Waals surface area contributed by atoms with E-state index in [1.807, 2.05) is 49.1 Å². The molecule has 0 unspecified atom stereocenters. The summed E-state index contributed by atoms with van der Waals surface area (Å²) in [6.45, 7) is 8.01. The van der Waals surface area contributed by atoms with Crippen LogP contribution < -0.4 is 0 Å². The van der Waals surface area contributed by atoms with Crippen molar-refractivity contribution in [2.24, 2.45) is 16.8 Å². The molecule has 1 amide bonds. The number of fused-ring (bicyclic) bond motifs is 1. The third kappa shape index (κ3) is 3.69. The zero-order chi connectivity index (χ0) is 24.6. The second kappa shape index (κ2) is 8.01. The molecule has 5 nitrogen and oxygen atoms in total. The number of carbonyl (C=O) groups is 1. The van der Waals surface area contributed by atoms with Gasteiger partial charge in [-0.15, -0.1) is 0 Å². The molecule has 3 heterocycles. The van der Waals surface area contributed by atoms with Crippen molar-refractivity contribution in [3.05, 3.63) is 59.1 Å². The van der Waals surface area contributed by atoms with Gasteiger partial charge in [0.1, 0.15) is 28.5 Å². The SMILES string of the molecule is Cc1oc2ccc(-c3ccc(C4=NC5(CC5)C(=O)N4C[C@@H]4CCN(CC5CC5)C4)cc3F)cc2c1C. The molecule has 1 saturated heterocycles. The number of likely N-dealkylation sites (tertiary alicyclic amines) is 1. The number of halogens is 1. The van der Waals surface area contributed by atoms with Crippen molar-refractivity contribution < 1.29 is 13.6 Å². The van der Waals surface area contributed by atoms with Gasteiger partial charge in [-0.2, -0.15) is 0 Å². The number of aliphatic imine (C=N–C) groups is 1. The van der Waals surface area contributed by atoms with E-state index in [4.69, 9.17) is 9.41 Å². The first-order valence-electron chi connectivity index (χ1n) is 13.3. The van der Waals surface area contributed by atoms with E-state index in [1.165, 1.54) is 19.4 Å². The lowest BCUT2D eigenvalue weighted by Gasteiger charge is -2.24. The Bertz CT molecular complexity index is 1420. The van der Waals surface area contributed by atoms with E-state index in [2.05, 4.69) is 4.90 Å². The van der Waals surface area contributed by atoms with Crippen LogP contribution >= 0.6 is 0 Å². The molecule has 0 N–H and O–H groups in total. The van der Waals surface area contributed by atoms with Gasteiger partial charge in [0.2, 0.25) is 0 Å². The van der Waals surface area contributed by atoms with E-state index in [9.17, 15) is 4.79 Å². The lowest BCUT2D eigenvalue weighted by Crippen LogP contribution is -2.40. The molecule has 2 aliphatic heterocycles. The summed E-state index contributed by atoms with van der Waals surface area (Å²) in [4.78, 5) is 22.7. The van der Waals surface area contributed by atoms with Gasteiger partial charge in [0.05, 0.1) is 0 Å². The van der Waals surface area contributed by atoms with Crippen LogP contribution in [0.4, 0.5) is 4.39 Å². The average molecular weight is 486 g/mol. The van der Waals surface area contributed by atoms with Crippen LogP contribution in [0, 0.1) is 31.5 Å². The first kappa shape index (κ1) is 22.2. The molecule has 2 aliphatic carbocycles. The van der Waals surface area contributed by atoms with Crippen molar-refractivity contribution >= 4 is 22.7 Å². The Morgan fingerprint density at radius 2 is 1.83 bits per heavy atom. The number of hydrogen-bond donors (Lipinski definition) is 0. The summed E-state index contributed by atoms with van der Waals surface area (Å²) in [6, 6.07) is 11.1. The molecule has 3 aromatic rings. The third-order valence-corrected chi connectivity index (χ3v) is 8.68. The maximum atomic E-state index is 15.5. The van der Waals surface area contributed by atoms with Crippen LogP contribution in [0.1, 0.15) is 49.0 Å². The Kier molecular flexibility index (Phi) is 4.94. The van der Waals surface area contributed by atoms with E-state index in [-0.39, 0.29) is 11.7 Å². The first-order chi connectivity index (χ1) is 17.4. The number of amidine groups is 1. The molecule has 2 saturated carbocycles. The number of nitrogens with zero attached hydrogens (tertiary/aromatic N) is 3. The van der Waals surface area contributed by atoms with Crippen molar-refractivity contribution in [1.82, 2.24) is 9.80 Å². The van der Waals surface area contributed by atoms with Crippen LogP contribution in [-0.2, 0) is 4.79 Å². The van der Waals surface area contributed by atoms with Crippen molar-refractivity contribution in [1.29, 1.82) is 0 Å². The summed E-state index contributed by atoms with van der Waals surface area (Å²) in [5.41, 5.74) is 3.37. The van der Waals surface area contributed by atoms with Crippen molar-refractivity contribution in [3.8, 4) is 11.1 Å². The predicted octanol–water partition coefficient (Wildman–Crippen LogP) is 5.71. The summed E-state index contributed by atoms with van der Waals surface area (Å²) < 4.78 is 21.3. The van der Waals surface area contributed by atoms with Gasteiger partial charge >= 0.3 is 0 Å². The van der Waals surface area contributed by atoms with Crippen LogP contribution in [0.15, 0.2) is 45.8 Å². The highest BCUT2D eigenvalue weighted by molar-refractivity contribution is 6.16. The van der Waals surface area contributed by atoms with E-state index in [0.29, 0.717) is 29.4 Å². The largest absolute Gasteiger partial charge is 0.461 e. The third-order valence-electron chi connectivity index (χ3n) is 8.68. The van der Waals surface area contributed by atoms with E-state index >= 15 is 4.39 Å². The summed E-state index contributed by atoms with van der Waals surface area (Å²) in [5, 5.41) is 1.01.